The quantitative estimate of drug-likeness (QED) is 0.237. The zero-order chi connectivity index (χ0) is 29.2. The molecule has 212 valence electrons. The van der Waals surface area contributed by atoms with E-state index in [0.717, 1.165) is 22.3 Å². The minimum absolute atomic E-state index is 0.0895. The lowest BCUT2D eigenvalue weighted by atomic mass is 9.93. The summed E-state index contributed by atoms with van der Waals surface area (Å²) in [5.74, 6) is 2.14. The van der Waals surface area contributed by atoms with Crippen LogP contribution in [0.3, 0.4) is 0 Å². The number of allylic oxidation sites excluding steroid dienone is 1. The van der Waals surface area contributed by atoms with Gasteiger partial charge >= 0.3 is 0 Å². The van der Waals surface area contributed by atoms with Crippen molar-refractivity contribution in [2.75, 3.05) is 32.5 Å². The van der Waals surface area contributed by atoms with Crippen molar-refractivity contribution in [1.29, 1.82) is 0 Å². The fourth-order valence-electron chi connectivity index (χ4n) is 5.09. The SMILES string of the molecule is COc1cc(Cc2cnc(N)nc2N)cc(C(=O)C=CN2N=Cc3ccccc3C2c2ccc3c(c2)OCO3)c1OC. The zero-order valence-electron chi connectivity index (χ0n) is 23.0. The van der Waals surface area contributed by atoms with E-state index in [0.29, 0.717) is 40.5 Å². The highest BCUT2D eigenvalue weighted by molar-refractivity contribution is 6.07. The maximum atomic E-state index is 13.7. The van der Waals surface area contributed by atoms with E-state index in [1.165, 1.54) is 20.3 Å². The molecule has 0 fully saturated rings. The molecule has 6 rings (SSSR count). The van der Waals surface area contributed by atoms with E-state index in [4.69, 9.17) is 30.4 Å². The van der Waals surface area contributed by atoms with Crippen molar-refractivity contribution >= 4 is 23.8 Å². The number of carbonyl (C=O) groups is 1. The van der Waals surface area contributed by atoms with Gasteiger partial charge < -0.3 is 30.4 Å². The lowest BCUT2D eigenvalue weighted by Crippen LogP contribution is -2.25. The fraction of sp³-hybridized carbons (Fsp3) is 0.161. The first-order valence-corrected chi connectivity index (χ1v) is 13.1. The summed E-state index contributed by atoms with van der Waals surface area (Å²) in [6.07, 6.45) is 6.83. The van der Waals surface area contributed by atoms with Gasteiger partial charge in [-0.25, -0.2) is 4.98 Å². The van der Waals surface area contributed by atoms with Gasteiger partial charge in [0.25, 0.3) is 0 Å². The molecule has 0 amide bonds. The third kappa shape index (κ3) is 5.03. The highest BCUT2D eigenvalue weighted by Gasteiger charge is 2.28. The second-order valence-electron chi connectivity index (χ2n) is 9.64. The Kier molecular flexibility index (Phi) is 7.05. The number of hydrogen-bond acceptors (Lipinski definition) is 11. The molecular weight excluding hydrogens is 536 g/mol. The molecular formula is C31H28N6O5. The Morgan fingerprint density at radius 3 is 2.71 bits per heavy atom. The molecule has 1 unspecified atom stereocenters. The number of ketones is 1. The van der Waals surface area contributed by atoms with Crippen molar-refractivity contribution < 1.29 is 23.7 Å². The Balaban J connectivity index is 1.34. The van der Waals surface area contributed by atoms with Gasteiger partial charge in [0, 0.05) is 36.0 Å². The van der Waals surface area contributed by atoms with Crippen LogP contribution >= 0.6 is 0 Å². The molecule has 3 aromatic carbocycles. The molecule has 4 N–H and O–H groups in total. The Morgan fingerprint density at radius 2 is 1.90 bits per heavy atom. The lowest BCUT2D eigenvalue weighted by Gasteiger charge is -2.31. The van der Waals surface area contributed by atoms with E-state index in [9.17, 15) is 4.79 Å². The van der Waals surface area contributed by atoms with Crippen LogP contribution in [-0.2, 0) is 6.42 Å². The van der Waals surface area contributed by atoms with Crippen molar-refractivity contribution in [2.24, 2.45) is 5.10 Å². The van der Waals surface area contributed by atoms with Crippen LogP contribution in [0.15, 0.2) is 78.2 Å². The second kappa shape index (κ2) is 11.1. The first-order chi connectivity index (χ1) is 20.4. The van der Waals surface area contributed by atoms with Gasteiger partial charge in [0.1, 0.15) is 11.9 Å². The van der Waals surface area contributed by atoms with Gasteiger partial charge in [-0.1, -0.05) is 30.3 Å². The average molecular weight is 565 g/mol. The summed E-state index contributed by atoms with van der Waals surface area (Å²) in [5, 5.41) is 6.41. The number of aromatic nitrogens is 2. The van der Waals surface area contributed by atoms with E-state index in [-0.39, 0.29) is 30.4 Å². The molecule has 1 aromatic heterocycles. The third-order valence-corrected chi connectivity index (χ3v) is 7.09. The maximum Gasteiger partial charge on any atom is 0.231 e. The Hall–Kier alpha value is -5.58. The molecule has 0 spiro atoms. The zero-order valence-corrected chi connectivity index (χ0v) is 23.0. The molecule has 4 aromatic rings. The van der Waals surface area contributed by atoms with Gasteiger partial charge in [-0.05, 0) is 41.0 Å². The summed E-state index contributed by atoms with van der Waals surface area (Å²) >= 11 is 0. The van der Waals surface area contributed by atoms with Crippen molar-refractivity contribution in [1.82, 2.24) is 15.0 Å². The number of rotatable bonds is 8. The summed E-state index contributed by atoms with van der Waals surface area (Å²) in [4.78, 5) is 21.8. The monoisotopic (exact) mass is 564 g/mol. The number of hydrogen-bond donors (Lipinski definition) is 2. The highest BCUT2D eigenvalue weighted by Crippen LogP contribution is 2.40. The highest BCUT2D eigenvalue weighted by atomic mass is 16.7. The summed E-state index contributed by atoms with van der Waals surface area (Å²) in [6, 6.07) is 17.0. The van der Waals surface area contributed by atoms with E-state index in [1.54, 1.807) is 35.8 Å². The van der Waals surface area contributed by atoms with Crippen molar-refractivity contribution in [3.05, 3.63) is 106 Å². The molecule has 2 aliphatic rings. The van der Waals surface area contributed by atoms with E-state index in [2.05, 4.69) is 15.1 Å². The number of fused-ring (bicyclic) bond motifs is 2. The molecule has 0 bridgehead atoms. The predicted octanol–water partition coefficient (Wildman–Crippen LogP) is 4.11. The minimum atomic E-state index is -0.305. The van der Waals surface area contributed by atoms with Crippen LogP contribution in [0, 0.1) is 0 Å². The Morgan fingerprint density at radius 1 is 1.07 bits per heavy atom. The van der Waals surface area contributed by atoms with E-state index < -0.39 is 0 Å². The number of ether oxygens (including phenoxy) is 4. The maximum absolute atomic E-state index is 13.7. The molecule has 11 nitrogen and oxygen atoms in total. The van der Waals surface area contributed by atoms with Crippen LogP contribution in [-0.4, -0.2) is 48.0 Å². The van der Waals surface area contributed by atoms with Gasteiger partial charge in [-0.15, -0.1) is 0 Å². The van der Waals surface area contributed by atoms with E-state index >= 15 is 0 Å². The number of anilines is 2. The molecule has 2 aliphatic heterocycles. The van der Waals surface area contributed by atoms with Crippen LogP contribution in [0.1, 0.15) is 44.2 Å². The molecule has 0 radical (unpaired) electrons. The van der Waals surface area contributed by atoms with Crippen LogP contribution in [0.25, 0.3) is 0 Å². The molecule has 0 aliphatic carbocycles. The standard InChI is InChI=1S/C31H28N6O5/c1-39-27-13-18(11-21-15-34-31(33)36-30(21)32)12-23(29(27)40-2)24(38)9-10-37-28(22-6-4-3-5-20(22)16-35-37)19-7-8-25-26(14-19)42-17-41-25/h3-10,12-16,28H,11,17H2,1-2H3,(H4,32,33,34,36). The third-order valence-electron chi connectivity index (χ3n) is 7.09. The number of carbonyl (C=O) groups excluding carboxylic acids is 1. The van der Waals surface area contributed by atoms with E-state index in [1.807, 2.05) is 42.5 Å². The Bertz CT molecular complexity index is 1740. The predicted molar refractivity (Wildman–Crippen MR) is 157 cm³/mol. The van der Waals surface area contributed by atoms with Crippen LogP contribution in [0.5, 0.6) is 23.0 Å². The minimum Gasteiger partial charge on any atom is -0.493 e. The Labute approximate surface area is 242 Å². The van der Waals surface area contributed by atoms with Crippen LogP contribution in [0.4, 0.5) is 11.8 Å². The largest absolute Gasteiger partial charge is 0.493 e. The topological polar surface area (TPSA) is 147 Å². The van der Waals surface area contributed by atoms with Gasteiger partial charge in [-0.3, -0.25) is 9.80 Å². The first-order valence-electron chi connectivity index (χ1n) is 13.1. The summed E-state index contributed by atoms with van der Waals surface area (Å²) < 4.78 is 22.3. The van der Waals surface area contributed by atoms with Crippen molar-refractivity contribution in [3.8, 4) is 23.0 Å². The second-order valence-corrected chi connectivity index (χ2v) is 9.64. The number of nitrogens with two attached hydrogens (primary N) is 2. The molecule has 0 saturated carbocycles. The number of methoxy groups -OCH3 is 2. The number of benzene rings is 3. The smallest absolute Gasteiger partial charge is 0.231 e. The van der Waals surface area contributed by atoms with Gasteiger partial charge in [-0.2, -0.15) is 10.1 Å². The van der Waals surface area contributed by atoms with Crippen LogP contribution in [0.2, 0.25) is 0 Å². The molecule has 0 saturated heterocycles. The van der Waals surface area contributed by atoms with Gasteiger partial charge in [0.05, 0.1) is 26.0 Å². The number of hydrazone groups is 1. The van der Waals surface area contributed by atoms with Gasteiger partial charge in [0.2, 0.25) is 12.7 Å². The molecule has 11 heteroatoms. The number of nitrogens with zero attached hydrogens (tertiary/aromatic N) is 4. The average Bonchev–Trinajstić information content (AvgIpc) is 3.48. The summed E-state index contributed by atoms with van der Waals surface area (Å²) in [5.41, 5.74) is 16.4. The first kappa shape index (κ1) is 26.6. The number of nitrogen functional groups attached to an aromatic ring is 2. The molecule has 1 atom stereocenters. The van der Waals surface area contributed by atoms with Crippen molar-refractivity contribution in [2.45, 2.75) is 12.5 Å². The van der Waals surface area contributed by atoms with Gasteiger partial charge in [0.15, 0.2) is 28.8 Å². The summed E-state index contributed by atoms with van der Waals surface area (Å²) in [6.45, 7) is 0.179. The normalized spacial score (nSPS) is 15.1. The molecule has 3 heterocycles. The lowest BCUT2D eigenvalue weighted by molar-refractivity contribution is 0.104. The fourth-order valence-corrected chi connectivity index (χ4v) is 5.09. The molecule has 42 heavy (non-hydrogen) atoms. The van der Waals surface area contributed by atoms with Crippen LogP contribution < -0.4 is 30.4 Å². The van der Waals surface area contributed by atoms with Crippen molar-refractivity contribution in [3.63, 3.8) is 0 Å². The summed E-state index contributed by atoms with van der Waals surface area (Å²) in [7, 11) is 3.01.